The van der Waals surface area contributed by atoms with Crippen molar-refractivity contribution in [2.24, 2.45) is 11.8 Å². The Morgan fingerprint density at radius 3 is 2.34 bits per heavy atom. The Bertz CT molecular complexity index is 1120. The van der Waals surface area contributed by atoms with E-state index >= 15 is 0 Å². The van der Waals surface area contributed by atoms with Crippen LogP contribution in [0.5, 0.6) is 0 Å². The number of hydrogen-bond acceptors (Lipinski definition) is 4. The van der Waals surface area contributed by atoms with Gasteiger partial charge < -0.3 is 20.1 Å². The first kappa shape index (κ1) is 23.4. The van der Waals surface area contributed by atoms with E-state index < -0.39 is 23.6 Å². The lowest BCUT2D eigenvalue weighted by atomic mass is 9.94. The minimum atomic E-state index is -1.11. The van der Waals surface area contributed by atoms with Crippen molar-refractivity contribution in [3.05, 3.63) is 59.7 Å². The summed E-state index contributed by atoms with van der Waals surface area (Å²) in [5, 5.41) is 12.7. The molecule has 2 aliphatic carbocycles. The Labute approximate surface area is 205 Å². The van der Waals surface area contributed by atoms with Gasteiger partial charge in [0, 0.05) is 12.5 Å². The summed E-state index contributed by atoms with van der Waals surface area (Å²) in [6.07, 6.45) is 2.11. The maximum absolute atomic E-state index is 13.6. The molecule has 0 aromatic heterocycles. The first-order valence-electron chi connectivity index (χ1n) is 12.5. The Hall–Kier alpha value is -3.35. The summed E-state index contributed by atoms with van der Waals surface area (Å²) in [5.41, 5.74) is 3.42. The van der Waals surface area contributed by atoms with Crippen LogP contribution in [0.1, 0.15) is 56.6 Å². The van der Waals surface area contributed by atoms with E-state index in [2.05, 4.69) is 29.6 Å². The predicted octanol–water partition coefficient (Wildman–Crippen LogP) is 4.41. The number of carbonyl (C=O) groups excluding carboxylic acids is 2. The first-order valence-corrected chi connectivity index (χ1v) is 12.5. The van der Waals surface area contributed by atoms with Crippen LogP contribution in [0.3, 0.4) is 0 Å². The highest BCUT2D eigenvalue weighted by molar-refractivity contribution is 5.94. The van der Waals surface area contributed by atoms with Crippen molar-refractivity contribution >= 4 is 18.0 Å². The number of benzene rings is 2. The summed E-state index contributed by atoms with van der Waals surface area (Å²) in [5.74, 6) is -1.50. The first-order chi connectivity index (χ1) is 16.9. The lowest BCUT2D eigenvalue weighted by Gasteiger charge is -2.37. The Kier molecular flexibility index (Phi) is 6.03. The molecule has 2 N–H and O–H groups in total. The zero-order valence-electron chi connectivity index (χ0n) is 20.2. The largest absolute Gasteiger partial charge is 0.479 e. The molecule has 5 rings (SSSR count). The highest BCUT2D eigenvalue weighted by Crippen LogP contribution is 2.54. The molecule has 2 amide bonds. The van der Waals surface area contributed by atoms with E-state index in [4.69, 9.17) is 4.74 Å². The fourth-order valence-electron chi connectivity index (χ4n) is 5.99. The summed E-state index contributed by atoms with van der Waals surface area (Å²) in [6, 6.07) is 15.4. The van der Waals surface area contributed by atoms with Crippen LogP contribution in [0.4, 0.5) is 4.79 Å². The second kappa shape index (κ2) is 9.02. The van der Waals surface area contributed by atoms with Gasteiger partial charge in [0.1, 0.15) is 18.2 Å². The van der Waals surface area contributed by atoms with Crippen LogP contribution < -0.4 is 5.32 Å². The van der Waals surface area contributed by atoms with E-state index in [9.17, 15) is 19.5 Å². The third-order valence-electron chi connectivity index (χ3n) is 8.22. The van der Waals surface area contributed by atoms with Crippen LogP contribution in [0.2, 0.25) is 0 Å². The summed E-state index contributed by atoms with van der Waals surface area (Å²) < 4.78 is 5.68. The number of ether oxygens (including phenoxy) is 1. The van der Waals surface area contributed by atoms with Gasteiger partial charge in [-0.1, -0.05) is 68.8 Å². The van der Waals surface area contributed by atoms with Crippen LogP contribution in [0, 0.1) is 11.8 Å². The van der Waals surface area contributed by atoms with Gasteiger partial charge in [-0.3, -0.25) is 4.79 Å². The van der Waals surface area contributed by atoms with Crippen molar-refractivity contribution in [3.63, 3.8) is 0 Å². The molecule has 184 valence electrons. The minimum Gasteiger partial charge on any atom is -0.479 e. The van der Waals surface area contributed by atoms with Crippen molar-refractivity contribution in [1.29, 1.82) is 0 Å². The number of rotatable bonds is 7. The van der Waals surface area contributed by atoms with E-state index in [0.717, 1.165) is 35.1 Å². The zero-order chi connectivity index (χ0) is 24.7. The van der Waals surface area contributed by atoms with Crippen molar-refractivity contribution in [2.45, 2.75) is 57.0 Å². The van der Waals surface area contributed by atoms with E-state index in [1.165, 1.54) is 4.90 Å². The predicted molar refractivity (Wildman–Crippen MR) is 131 cm³/mol. The molecule has 0 radical (unpaired) electrons. The molecular formula is C28H32N2O5. The Balaban J connectivity index is 1.30. The molecule has 4 atom stereocenters. The van der Waals surface area contributed by atoms with Gasteiger partial charge in [-0.05, 0) is 53.4 Å². The number of carbonyl (C=O) groups is 3. The average molecular weight is 477 g/mol. The van der Waals surface area contributed by atoms with Crippen molar-refractivity contribution < 1.29 is 24.2 Å². The number of carboxylic acids is 1. The van der Waals surface area contributed by atoms with Crippen LogP contribution in [-0.2, 0) is 14.3 Å². The lowest BCUT2D eigenvalue weighted by molar-refractivity contribution is -0.156. The quantitative estimate of drug-likeness (QED) is 0.617. The molecular weight excluding hydrogens is 444 g/mol. The maximum atomic E-state index is 13.6. The highest BCUT2D eigenvalue weighted by Gasteiger charge is 2.67. The molecule has 0 spiro atoms. The smallest absolute Gasteiger partial charge is 0.407 e. The molecule has 1 saturated carbocycles. The number of nitrogens with one attached hydrogen (secondary N) is 1. The van der Waals surface area contributed by atoms with Gasteiger partial charge in [0.25, 0.3) is 0 Å². The van der Waals surface area contributed by atoms with Crippen LogP contribution >= 0.6 is 0 Å². The molecule has 0 bridgehead atoms. The molecule has 3 aliphatic rings. The number of carboxylic acid groups (broad SMARTS) is 1. The number of fused-ring (bicyclic) bond motifs is 4. The van der Waals surface area contributed by atoms with Gasteiger partial charge in [-0.15, -0.1) is 0 Å². The fourth-order valence-corrected chi connectivity index (χ4v) is 5.99. The van der Waals surface area contributed by atoms with Gasteiger partial charge in [-0.2, -0.15) is 0 Å². The standard InChI is InChI=1S/C28H32N2O5/c1-3-17(2)24(25(31)30-14-8-9-18-15-28(18,30)26(32)33)29-27(34)35-16-23-21-12-6-4-10-19(21)20-11-5-7-13-22(20)23/h4-7,10-13,17-18,23-24H,3,8-9,14-16H2,1-2H3,(H,29,34)(H,32,33)/t17-,18-,24-,28+/m0/s1. The van der Waals surface area contributed by atoms with Gasteiger partial charge >= 0.3 is 12.1 Å². The molecule has 1 aliphatic heterocycles. The van der Waals surface area contributed by atoms with Gasteiger partial charge in [0.2, 0.25) is 5.91 Å². The number of amides is 2. The van der Waals surface area contributed by atoms with E-state index in [1.54, 1.807) is 0 Å². The third kappa shape index (κ3) is 3.87. The number of hydrogen-bond donors (Lipinski definition) is 2. The summed E-state index contributed by atoms with van der Waals surface area (Å²) in [7, 11) is 0. The molecule has 7 nitrogen and oxygen atoms in total. The normalized spacial score (nSPS) is 23.9. The topological polar surface area (TPSA) is 95.9 Å². The monoisotopic (exact) mass is 476 g/mol. The van der Waals surface area contributed by atoms with Crippen LogP contribution in [0.25, 0.3) is 11.1 Å². The Morgan fingerprint density at radius 2 is 1.74 bits per heavy atom. The second-order valence-corrected chi connectivity index (χ2v) is 10.1. The van der Waals surface area contributed by atoms with Crippen LogP contribution in [-0.4, -0.2) is 52.7 Å². The number of alkyl carbamates (subject to hydrolysis) is 1. The number of nitrogens with zero attached hydrogens (tertiary/aromatic N) is 1. The summed E-state index contributed by atoms with van der Waals surface area (Å²) in [4.78, 5) is 40.1. The average Bonchev–Trinajstić information content (AvgIpc) is 3.56. The summed E-state index contributed by atoms with van der Waals surface area (Å²) >= 11 is 0. The van der Waals surface area contributed by atoms with E-state index in [0.29, 0.717) is 19.4 Å². The second-order valence-electron chi connectivity index (χ2n) is 10.1. The summed E-state index contributed by atoms with van der Waals surface area (Å²) in [6.45, 7) is 4.41. The van der Waals surface area contributed by atoms with E-state index in [1.807, 2.05) is 38.1 Å². The third-order valence-corrected chi connectivity index (χ3v) is 8.22. The highest BCUT2D eigenvalue weighted by atomic mass is 16.5. The molecule has 1 heterocycles. The molecule has 35 heavy (non-hydrogen) atoms. The number of aliphatic carboxylic acids is 1. The lowest BCUT2D eigenvalue weighted by Crippen LogP contribution is -2.59. The van der Waals surface area contributed by atoms with Crippen LogP contribution in [0.15, 0.2) is 48.5 Å². The van der Waals surface area contributed by atoms with E-state index in [-0.39, 0.29) is 30.3 Å². The molecule has 7 heteroatoms. The van der Waals surface area contributed by atoms with Gasteiger partial charge in [-0.25, -0.2) is 9.59 Å². The maximum Gasteiger partial charge on any atom is 0.407 e. The molecule has 2 fully saturated rings. The van der Waals surface area contributed by atoms with Gasteiger partial charge in [0.15, 0.2) is 0 Å². The number of piperidine rings is 1. The molecule has 1 saturated heterocycles. The van der Waals surface area contributed by atoms with Crippen molar-refractivity contribution in [1.82, 2.24) is 10.2 Å². The Morgan fingerprint density at radius 1 is 1.11 bits per heavy atom. The molecule has 2 aromatic rings. The van der Waals surface area contributed by atoms with Gasteiger partial charge in [0.05, 0.1) is 0 Å². The fraction of sp³-hybridized carbons (Fsp3) is 0.464. The molecule has 0 unspecified atom stereocenters. The van der Waals surface area contributed by atoms with Crippen molar-refractivity contribution in [2.75, 3.05) is 13.2 Å². The minimum absolute atomic E-state index is 0.00439. The number of likely N-dealkylation sites (tertiary alicyclic amines) is 1. The zero-order valence-corrected chi connectivity index (χ0v) is 20.2. The van der Waals surface area contributed by atoms with Crippen molar-refractivity contribution in [3.8, 4) is 11.1 Å². The molecule has 2 aromatic carbocycles. The SMILES string of the molecule is CC[C@H](C)[C@H](NC(=O)OCC1c2ccccc2-c2ccccc21)C(=O)N1CCC[C@H]2C[C@]21C(=O)O.